The van der Waals surface area contributed by atoms with Gasteiger partial charge in [-0.2, -0.15) is 0 Å². The number of nitrogens with zero attached hydrogens (tertiary/aromatic N) is 1. The summed E-state index contributed by atoms with van der Waals surface area (Å²) in [7, 11) is 3.76. The SMILES string of the molecule is CCc1ccc(N(C)C(CN)c2ccc(OC)cc2)cc1. The van der Waals surface area contributed by atoms with Crippen LogP contribution in [0.1, 0.15) is 24.1 Å². The van der Waals surface area contributed by atoms with E-state index in [0.717, 1.165) is 12.2 Å². The third kappa shape index (κ3) is 3.56. The maximum absolute atomic E-state index is 6.00. The Morgan fingerprint density at radius 2 is 1.67 bits per heavy atom. The summed E-state index contributed by atoms with van der Waals surface area (Å²) in [6.07, 6.45) is 1.06. The first-order valence-electron chi connectivity index (χ1n) is 7.35. The molecule has 21 heavy (non-hydrogen) atoms. The van der Waals surface area contributed by atoms with E-state index in [1.54, 1.807) is 7.11 Å². The van der Waals surface area contributed by atoms with Gasteiger partial charge in [-0.25, -0.2) is 0 Å². The maximum Gasteiger partial charge on any atom is 0.118 e. The predicted octanol–water partition coefficient (Wildman–Crippen LogP) is 3.39. The first-order chi connectivity index (χ1) is 10.2. The van der Waals surface area contributed by atoms with E-state index in [-0.39, 0.29) is 6.04 Å². The van der Waals surface area contributed by atoms with Crippen LogP contribution in [-0.4, -0.2) is 20.7 Å². The van der Waals surface area contributed by atoms with Gasteiger partial charge in [0.2, 0.25) is 0 Å². The maximum atomic E-state index is 6.00. The molecule has 1 atom stereocenters. The van der Waals surface area contributed by atoms with Gasteiger partial charge in [0.05, 0.1) is 13.2 Å². The average Bonchev–Trinajstić information content (AvgIpc) is 2.56. The smallest absolute Gasteiger partial charge is 0.118 e. The lowest BCUT2D eigenvalue weighted by Crippen LogP contribution is -2.30. The monoisotopic (exact) mass is 284 g/mol. The van der Waals surface area contributed by atoms with Gasteiger partial charge in [-0.3, -0.25) is 0 Å². The van der Waals surface area contributed by atoms with Gasteiger partial charge in [0, 0.05) is 19.3 Å². The van der Waals surface area contributed by atoms with E-state index >= 15 is 0 Å². The number of hydrogen-bond donors (Lipinski definition) is 1. The molecule has 0 saturated carbocycles. The van der Waals surface area contributed by atoms with E-state index in [0.29, 0.717) is 6.54 Å². The zero-order valence-electron chi connectivity index (χ0n) is 13.0. The summed E-state index contributed by atoms with van der Waals surface area (Å²) in [5, 5.41) is 0. The molecule has 2 aromatic carbocycles. The molecule has 0 fully saturated rings. The second kappa shape index (κ2) is 7.14. The fraction of sp³-hybridized carbons (Fsp3) is 0.333. The van der Waals surface area contributed by atoms with Crippen molar-refractivity contribution in [1.82, 2.24) is 0 Å². The average molecular weight is 284 g/mol. The first kappa shape index (κ1) is 15.4. The van der Waals surface area contributed by atoms with Crippen molar-refractivity contribution in [1.29, 1.82) is 0 Å². The Balaban J connectivity index is 2.21. The highest BCUT2D eigenvalue weighted by Gasteiger charge is 2.16. The minimum absolute atomic E-state index is 0.156. The van der Waals surface area contributed by atoms with Crippen LogP contribution >= 0.6 is 0 Å². The molecule has 1 unspecified atom stereocenters. The molecule has 0 amide bonds. The molecule has 2 rings (SSSR count). The quantitative estimate of drug-likeness (QED) is 0.883. The number of likely N-dealkylation sites (N-methyl/N-ethyl adjacent to an activating group) is 1. The molecular weight excluding hydrogens is 260 g/mol. The molecule has 112 valence electrons. The van der Waals surface area contributed by atoms with Crippen LogP contribution in [-0.2, 0) is 6.42 Å². The van der Waals surface area contributed by atoms with Gasteiger partial charge < -0.3 is 15.4 Å². The van der Waals surface area contributed by atoms with Crippen LogP contribution in [0.25, 0.3) is 0 Å². The van der Waals surface area contributed by atoms with E-state index in [2.05, 4.69) is 55.3 Å². The number of hydrogen-bond acceptors (Lipinski definition) is 3. The minimum atomic E-state index is 0.156. The summed E-state index contributed by atoms with van der Waals surface area (Å²) in [5.74, 6) is 0.865. The van der Waals surface area contributed by atoms with Crippen LogP contribution in [0.4, 0.5) is 5.69 Å². The topological polar surface area (TPSA) is 38.5 Å². The number of rotatable bonds is 6. The summed E-state index contributed by atoms with van der Waals surface area (Å²) in [4.78, 5) is 2.22. The molecule has 0 aliphatic carbocycles. The first-order valence-corrected chi connectivity index (χ1v) is 7.35. The molecule has 3 nitrogen and oxygen atoms in total. The predicted molar refractivity (Wildman–Crippen MR) is 89.0 cm³/mol. The van der Waals surface area contributed by atoms with Gasteiger partial charge in [-0.05, 0) is 41.8 Å². The highest BCUT2D eigenvalue weighted by Crippen LogP contribution is 2.26. The molecule has 0 aliphatic rings. The Labute approximate surface area is 127 Å². The fourth-order valence-corrected chi connectivity index (χ4v) is 2.49. The van der Waals surface area contributed by atoms with Crippen molar-refractivity contribution in [3.8, 4) is 5.75 Å². The second-order valence-electron chi connectivity index (χ2n) is 5.16. The van der Waals surface area contributed by atoms with Crippen molar-refractivity contribution in [2.45, 2.75) is 19.4 Å². The summed E-state index contributed by atoms with van der Waals surface area (Å²) in [6, 6.07) is 16.9. The summed E-state index contributed by atoms with van der Waals surface area (Å²) < 4.78 is 5.21. The Bertz CT molecular complexity index is 548. The van der Waals surface area contributed by atoms with Gasteiger partial charge >= 0.3 is 0 Å². The summed E-state index contributed by atoms with van der Waals surface area (Å²) in [5.41, 5.74) is 9.72. The third-order valence-corrected chi connectivity index (χ3v) is 3.94. The van der Waals surface area contributed by atoms with Gasteiger partial charge in [0.25, 0.3) is 0 Å². The van der Waals surface area contributed by atoms with E-state index in [9.17, 15) is 0 Å². The molecule has 0 aromatic heterocycles. The van der Waals surface area contributed by atoms with Crippen molar-refractivity contribution in [3.63, 3.8) is 0 Å². The van der Waals surface area contributed by atoms with Gasteiger partial charge in [-0.1, -0.05) is 31.2 Å². The zero-order chi connectivity index (χ0) is 15.2. The Morgan fingerprint density at radius 3 is 2.14 bits per heavy atom. The lowest BCUT2D eigenvalue weighted by molar-refractivity contribution is 0.414. The molecule has 2 aromatic rings. The second-order valence-corrected chi connectivity index (χ2v) is 5.16. The van der Waals surface area contributed by atoms with Gasteiger partial charge in [-0.15, -0.1) is 0 Å². The highest BCUT2D eigenvalue weighted by atomic mass is 16.5. The van der Waals surface area contributed by atoms with E-state index in [1.807, 2.05) is 12.1 Å². The van der Waals surface area contributed by atoms with Crippen LogP contribution in [0, 0.1) is 0 Å². The van der Waals surface area contributed by atoms with Gasteiger partial charge in [0.1, 0.15) is 5.75 Å². The van der Waals surface area contributed by atoms with Crippen LogP contribution in [0.5, 0.6) is 5.75 Å². The van der Waals surface area contributed by atoms with Crippen LogP contribution < -0.4 is 15.4 Å². The summed E-state index contributed by atoms with van der Waals surface area (Å²) in [6.45, 7) is 2.73. The number of aryl methyl sites for hydroxylation is 1. The zero-order valence-corrected chi connectivity index (χ0v) is 13.0. The molecule has 0 radical (unpaired) electrons. The van der Waals surface area contributed by atoms with Crippen molar-refractivity contribution in [2.75, 3.05) is 25.6 Å². The molecule has 2 N–H and O–H groups in total. The van der Waals surface area contributed by atoms with Crippen molar-refractivity contribution in [2.24, 2.45) is 5.73 Å². The Morgan fingerprint density at radius 1 is 1.05 bits per heavy atom. The molecule has 0 heterocycles. The lowest BCUT2D eigenvalue weighted by Gasteiger charge is -2.29. The number of ether oxygens (including phenoxy) is 1. The molecule has 0 bridgehead atoms. The Hall–Kier alpha value is -2.00. The highest BCUT2D eigenvalue weighted by molar-refractivity contribution is 5.49. The number of benzene rings is 2. The van der Waals surface area contributed by atoms with Crippen molar-refractivity contribution in [3.05, 3.63) is 59.7 Å². The number of nitrogens with two attached hydrogens (primary N) is 1. The van der Waals surface area contributed by atoms with E-state index in [1.165, 1.54) is 16.8 Å². The molecular formula is C18H24N2O. The Kier molecular flexibility index (Phi) is 5.23. The van der Waals surface area contributed by atoms with Crippen LogP contribution in [0.3, 0.4) is 0 Å². The molecule has 3 heteroatoms. The van der Waals surface area contributed by atoms with Crippen LogP contribution in [0.15, 0.2) is 48.5 Å². The third-order valence-electron chi connectivity index (χ3n) is 3.94. The van der Waals surface area contributed by atoms with Crippen molar-refractivity contribution >= 4 is 5.69 Å². The van der Waals surface area contributed by atoms with Crippen LogP contribution in [0.2, 0.25) is 0 Å². The fourth-order valence-electron chi connectivity index (χ4n) is 2.49. The largest absolute Gasteiger partial charge is 0.497 e. The standard InChI is InChI=1S/C18H24N2O/c1-4-14-5-9-16(10-6-14)20(2)18(13-19)15-7-11-17(21-3)12-8-15/h5-12,18H,4,13,19H2,1-3H3. The normalized spacial score (nSPS) is 12.0. The van der Waals surface area contributed by atoms with E-state index < -0.39 is 0 Å². The lowest BCUT2D eigenvalue weighted by atomic mass is 10.0. The number of methoxy groups -OCH3 is 1. The van der Waals surface area contributed by atoms with Gasteiger partial charge in [0.15, 0.2) is 0 Å². The van der Waals surface area contributed by atoms with Crippen molar-refractivity contribution < 1.29 is 4.74 Å². The summed E-state index contributed by atoms with van der Waals surface area (Å²) >= 11 is 0. The van der Waals surface area contributed by atoms with E-state index in [4.69, 9.17) is 10.5 Å². The molecule has 0 aliphatic heterocycles. The number of anilines is 1. The molecule has 0 spiro atoms. The minimum Gasteiger partial charge on any atom is -0.497 e. The molecule has 0 saturated heterocycles.